The fourth-order valence-corrected chi connectivity index (χ4v) is 2.17. The molecule has 1 aliphatic rings. The van der Waals surface area contributed by atoms with Crippen molar-refractivity contribution in [3.63, 3.8) is 0 Å². The number of carbonyl (C=O) groups is 1. The summed E-state index contributed by atoms with van der Waals surface area (Å²) in [6.07, 6.45) is 4.05. The second-order valence-corrected chi connectivity index (χ2v) is 4.24. The second kappa shape index (κ2) is 3.63. The summed E-state index contributed by atoms with van der Waals surface area (Å²) in [7, 11) is 0. The number of ketones is 1. The maximum atomic E-state index is 12.0. The quantitative estimate of drug-likeness (QED) is 0.731. The first-order valence-electron chi connectivity index (χ1n) is 5.47. The van der Waals surface area contributed by atoms with Gasteiger partial charge in [-0.3, -0.25) is 4.79 Å². The normalized spacial score (nSPS) is 23.0. The van der Waals surface area contributed by atoms with Gasteiger partial charge in [0.25, 0.3) is 0 Å². The Morgan fingerprint density at radius 2 is 2.00 bits per heavy atom. The Labute approximate surface area is 93.9 Å². The third-order valence-corrected chi connectivity index (χ3v) is 3.16. The summed E-state index contributed by atoms with van der Waals surface area (Å²) in [5, 5.41) is 0. The van der Waals surface area contributed by atoms with Crippen LogP contribution in [0.1, 0.15) is 28.3 Å². The van der Waals surface area contributed by atoms with Crippen LogP contribution in [0.3, 0.4) is 0 Å². The summed E-state index contributed by atoms with van der Waals surface area (Å²) in [4.78, 5) is 12.0. The summed E-state index contributed by atoms with van der Waals surface area (Å²) in [5.41, 5.74) is 1.97. The molecule has 2 unspecified atom stereocenters. The average molecular weight is 212 g/mol. The van der Waals surface area contributed by atoms with Crippen LogP contribution in [0.5, 0.6) is 0 Å². The van der Waals surface area contributed by atoms with E-state index in [1.165, 1.54) is 11.8 Å². The Bertz CT molecular complexity index is 485. The van der Waals surface area contributed by atoms with E-state index in [9.17, 15) is 4.79 Å². The molecule has 0 N–H and O–H groups in total. The summed E-state index contributed by atoms with van der Waals surface area (Å²) in [5.74, 6) is 0.770. The molecule has 0 saturated heterocycles. The topological polar surface area (TPSA) is 30.2 Å². The van der Waals surface area contributed by atoms with Crippen molar-refractivity contribution in [3.05, 3.63) is 60.1 Å². The summed E-state index contributed by atoms with van der Waals surface area (Å²) < 4.78 is 4.93. The van der Waals surface area contributed by atoms with Gasteiger partial charge in [0.2, 0.25) is 0 Å². The molecule has 0 spiro atoms. The molecule has 2 nitrogen and oxygen atoms in total. The number of Topliss-reactive ketones (excluding diaryl/α,β-unsaturated/α-hetero) is 1. The van der Waals surface area contributed by atoms with Crippen LogP contribution in [0.2, 0.25) is 0 Å². The number of furan rings is 1. The number of hydrogen-bond donors (Lipinski definition) is 0. The standard InChI is InChI=1S/C14H12O2/c15-14(11-6-7-16-9-11)13-8-12(13)10-4-2-1-3-5-10/h1-7,9,12-13H,8H2. The first-order chi connectivity index (χ1) is 7.86. The second-order valence-electron chi connectivity index (χ2n) is 4.24. The molecule has 80 valence electrons. The minimum Gasteiger partial charge on any atom is -0.472 e. The molecule has 1 saturated carbocycles. The van der Waals surface area contributed by atoms with E-state index in [-0.39, 0.29) is 11.7 Å². The van der Waals surface area contributed by atoms with E-state index in [0.717, 1.165) is 6.42 Å². The van der Waals surface area contributed by atoms with E-state index in [0.29, 0.717) is 11.5 Å². The van der Waals surface area contributed by atoms with Crippen molar-refractivity contribution in [1.82, 2.24) is 0 Å². The average Bonchev–Trinajstić information content (AvgIpc) is 2.95. The van der Waals surface area contributed by atoms with Crippen molar-refractivity contribution in [1.29, 1.82) is 0 Å². The van der Waals surface area contributed by atoms with Crippen LogP contribution >= 0.6 is 0 Å². The van der Waals surface area contributed by atoms with E-state index >= 15 is 0 Å². The highest BCUT2D eigenvalue weighted by Crippen LogP contribution is 2.49. The Morgan fingerprint density at radius 1 is 1.19 bits per heavy atom. The monoisotopic (exact) mass is 212 g/mol. The van der Waals surface area contributed by atoms with Crippen LogP contribution in [-0.4, -0.2) is 5.78 Å². The largest absolute Gasteiger partial charge is 0.472 e. The number of hydrogen-bond acceptors (Lipinski definition) is 2. The highest BCUT2D eigenvalue weighted by molar-refractivity contribution is 6.00. The molecule has 1 fully saturated rings. The third-order valence-electron chi connectivity index (χ3n) is 3.16. The molecule has 2 atom stereocenters. The van der Waals surface area contributed by atoms with Gasteiger partial charge in [-0.1, -0.05) is 30.3 Å². The highest BCUT2D eigenvalue weighted by Gasteiger charge is 2.44. The van der Waals surface area contributed by atoms with Crippen LogP contribution < -0.4 is 0 Å². The van der Waals surface area contributed by atoms with Gasteiger partial charge in [-0.05, 0) is 24.0 Å². The van der Waals surface area contributed by atoms with Crippen LogP contribution in [0, 0.1) is 5.92 Å². The summed E-state index contributed by atoms with van der Waals surface area (Å²) >= 11 is 0. The maximum Gasteiger partial charge on any atom is 0.169 e. The van der Waals surface area contributed by atoms with Crippen molar-refractivity contribution in [2.75, 3.05) is 0 Å². The lowest BCUT2D eigenvalue weighted by Crippen LogP contribution is -2.01. The molecule has 16 heavy (non-hydrogen) atoms. The fourth-order valence-electron chi connectivity index (χ4n) is 2.17. The Balaban J connectivity index is 1.75. The van der Waals surface area contributed by atoms with E-state index in [1.807, 2.05) is 18.2 Å². The van der Waals surface area contributed by atoms with Crippen molar-refractivity contribution in [3.8, 4) is 0 Å². The molecule has 3 rings (SSSR count). The molecular weight excluding hydrogens is 200 g/mol. The Hall–Kier alpha value is -1.83. The van der Waals surface area contributed by atoms with Crippen molar-refractivity contribution >= 4 is 5.78 Å². The zero-order valence-corrected chi connectivity index (χ0v) is 8.80. The number of carbonyl (C=O) groups excluding carboxylic acids is 1. The molecule has 0 bridgehead atoms. The van der Waals surface area contributed by atoms with E-state index in [1.54, 1.807) is 12.3 Å². The molecule has 0 radical (unpaired) electrons. The zero-order valence-electron chi connectivity index (χ0n) is 8.80. The van der Waals surface area contributed by atoms with Gasteiger partial charge in [0.1, 0.15) is 6.26 Å². The molecule has 0 amide bonds. The maximum absolute atomic E-state index is 12.0. The van der Waals surface area contributed by atoms with Gasteiger partial charge in [0.05, 0.1) is 11.8 Å². The van der Waals surface area contributed by atoms with Gasteiger partial charge in [0.15, 0.2) is 5.78 Å². The lowest BCUT2D eigenvalue weighted by molar-refractivity contribution is 0.0964. The van der Waals surface area contributed by atoms with Crippen LogP contribution in [0.25, 0.3) is 0 Å². The van der Waals surface area contributed by atoms with Crippen molar-refractivity contribution in [2.24, 2.45) is 5.92 Å². The predicted octanol–water partition coefficient (Wildman–Crippen LogP) is 3.27. The number of benzene rings is 1. The van der Waals surface area contributed by atoms with Gasteiger partial charge < -0.3 is 4.42 Å². The fraction of sp³-hybridized carbons (Fsp3) is 0.214. The lowest BCUT2D eigenvalue weighted by Gasteiger charge is -1.98. The molecule has 1 aromatic carbocycles. The van der Waals surface area contributed by atoms with E-state index in [2.05, 4.69) is 12.1 Å². The summed E-state index contributed by atoms with van der Waals surface area (Å²) in [6.45, 7) is 0. The minimum atomic E-state index is 0.153. The lowest BCUT2D eigenvalue weighted by atomic mass is 10.1. The van der Waals surface area contributed by atoms with Gasteiger partial charge in [-0.2, -0.15) is 0 Å². The SMILES string of the molecule is O=C(c1ccoc1)C1CC1c1ccccc1. The summed E-state index contributed by atoms with van der Waals surface area (Å²) in [6, 6.07) is 12.0. The van der Waals surface area contributed by atoms with Crippen LogP contribution in [0.15, 0.2) is 53.3 Å². The Morgan fingerprint density at radius 3 is 2.69 bits per heavy atom. The third kappa shape index (κ3) is 1.56. The van der Waals surface area contributed by atoms with Crippen molar-refractivity contribution < 1.29 is 9.21 Å². The van der Waals surface area contributed by atoms with Crippen LogP contribution in [-0.2, 0) is 0 Å². The smallest absolute Gasteiger partial charge is 0.169 e. The molecular formula is C14H12O2. The number of rotatable bonds is 3. The van der Waals surface area contributed by atoms with E-state index < -0.39 is 0 Å². The van der Waals surface area contributed by atoms with E-state index in [4.69, 9.17) is 4.42 Å². The predicted molar refractivity (Wildman–Crippen MR) is 60.3 cm³/mol. The first-order valence-corrected chi connectivity index (χ1v) is 5.47. The molecule has 1 aliphatic carbocycles. The molecule has 2 aromatic rings. The minimum absolute atomic E-state index is 0.153. The molecule has 1 aromatic heterocycles. The van der Waals surface area contributed by atoms with Gasteiger partial charge in [0, 0.05) is 5.92 Å². The molecule has 2 heteroatoms. The molecule has 0 aliphatic heterocycles. The van der Waals surface area contributed by atoms with Crippen molar-refractivity contribution in [2.45, 2.75) is 12.3 Å². The molecule has 1 heterocycles. The zero-order chi connectivity index (χ0) is 11.0. The highest BCUT2D eigenvalue weighted by atomic mass is 16.3. The van der Waals surface area contributed by atoms with Gasteiger partial charge >= 0.3 is 0 Å². The first kappa shape index (κ1) is 9.40. The van der Waals surface area contributed by atoms with Gasteiger partial charge in [-0.15, -0.1) is 0 Å². The van der Waals surface area contributed by atoms with Crippen LogP contribution in [0.4, 0.5) is 0 Å². The van der Waals surface area contributed by atoms with Gasteiger partial charge in [-0.25, -0.2) is 0 Å². The Kier molecular flexibility index (Phi) is 2.13.